The molecule has 3 aromatic carbocycles. The van der Waals surface area contributed by atoms with E-state index in [2.05, 4.69) is 16.1 Å². The van der Waals surface area contributed by atoms with Crippen LogP contribution in [-0.2, 0) is 32.0 Å². The molecule has 0 bridgehead atoms. The quantitative estimate of drug-likeness (QED) is 0.197. The maximum Gasteiger partial charge on any atom is 0.316 e. The Morgan fingerprint density at radius 2 is 1.83 bits per heavy atom. The molecule has 1 aliphatic carbocycles. The average molecular weight is 694 g/mol. The van der Waals surface area contributed by atoms with Gasteiger partial charge in [-0.25, -0.2) is 9.18 Å². The zero-order valence-electron chi connectivity index (χ0n) is 27.5. The highest BCUT2D eigenvalue weighted by Crippen LogP contribution is 2.45. The van der Waals surface area contributed by atoms with Crippen LogP contribution in [0.1, 0.15) is 75.1 Å². The van der Waals surface area contributed by atoms with Crippen molar-refractivity contribution < 1.29 is 23.3 Å². The van der Waals surface area contributed by atoms with Gasteiger partial charge in [0, 0.05) is 29.9 Å². The van der Waals surface area contributed by atoms with Gasteiger partial charge in [0.15, 0.2) is 5.54 Å². The molecule has 4 N–H and O–H groups in total. The van der Waals surface area contributed by atoms with E-state index < -0.39 is 51.0 Å². The molecule has 3 amide bonds. The van der Waals surface area contributed by atoms with Gasteiger partial charge in [0.1, 0.15) is 16.1 Å². The molecule has 2 fully saturated rings. The summed E-state index contributed by atoms with van der Waals surface area (Å²) in [6, 6.07) is 19.4. The number of nitrogens with zero attached hydrogens (tertiary/aromatic N) is 2. The number of hydrogen-bond acceptors (Lipinski definition) is 6. The molecule has 0 radical (unpaired) electrons. The van der Waals surface area contributed by atoms with E-state index in [9.17, 15) is 19.4 Å². The number of likely N-dealkylation sites (tertiary alicyclic amines) is 1. The number of nitrogens with one attached hydrogen (secondary N) is 2. The monoisotopic (exact) mass is 693 g/mol. The van der Waals surface area contributed by atoms with E-state index in [0.717, 1.165) is 19.3 Å². The van der Waals surface area contributed by atoms with Gasteiger partial charge in [-0.3, -0.25) is 4.79 Å². The zero-order valence-corrected chi connectivity index (χ0v) is 29.1. The summed E-state index contributed by atoms with van der Waals surface area (Å²) in [5.74, 6) is -0.882. The lowest BCUT2D eigenvalue weighted by molar-refractivity contribution is -0.125. The van der Waals surface area contributed by atoms with Crippen LogP contribution in [0.3, 0.4) is 0 Å². The van der Waals surface area contributed by atoms with E-state index in [1.807, 2.05) is 26.8 Å². The molecule has 1 saturated heterocycles. The summed E-state index contributed by atoms with van der Waals surface area (Å²) < 4.78 is 38.0. The number of nitrogens with two attached hydrogens (primary N) is 1. The standard InChI is InChI=1S/C36H41ClFN5O4S/c1-34(2,3)48(46)42-35(17-16-23-8-9-23,26-7-5-6-24(18-26)21-39)27-12-15-30(38)31(19-27)41-32(44)36(25-10-13-28(37)14-11-25)20-29(47-4)22-43(36)33(40)45/h5-7,10-15,18-19,23,29,42H,8-9,16-17,20,22H2,1-4H3,(H2,40,45)(H,41,44)/t29?,35?,36?,48-/m1/s1. The molecule has 1 aliphatic heterocycles. The number of urea groups is 1. The number of carbonyl (C=O) groups excluding carboxylic acids is 2. The molecule has 9 nitrogen and oxygen atoms in total. The third-order valence-electron chi connectivity index (χ3n) is 9.31. The lowest BCUT2D eigenvalue weighted by atomic mass is 9.78. The largest absolute Gasteiger partial charge is 0.598 e. The number of primary amides is 1. The van der Waals surface area contributed by atoms with Gasteiger partial charge >= 0.3 is 6.03 Å². The smallest absolute Gasteiger partial charge is 0.316 e. The van der Waals surface area contributed by atoms with Crippen molar-refractivity contribution in [2.75, 3.05) is 19.0 Å². The molecular formula is C36H41ClFN5O4S. The van der Waals surface area contributed by atoms with Crippen LogP contribution in [0.5, 0.6) is 0 Å². The highest BCUT2D eigenvalue weighted by Gasteiger charge is 2.55. The highest BCUT2D eigenvalue weighted by molar-refractivity contribution is 7.90. The minimum atomic E-state index is -1.63. The molecular weight excluding hydrogens is 653 g/mol. The van der Waals surface area contributed by atoms with Crippen LogP contribution in [0, 0.1) is 23.1 Å². The van der Waals surface area contributed by atoms with Crippen molar-refractivity contribution in [1.82, 2.24) is 9.62 Å². The minimum absolute atomic E-state index is 0.0481. The van der Waals surface area contributed by atoms with Gasteiger partial charge in [0.2, 0.25) is 0 Å². The fourth-order valence-corrected chi connectivity index (χ4v) is 7.46. The number of ether oxygens (including phenoxy) is 1. The normalized spacial score (nSPS) is 21.3. The molecule has 0 spiro atoms. The predicted molar refractivity (Wildman–Crippen MR) is 185 cm³/mol. The first kappa shape index (κ1) is 35.6. The molecule has 3 unspecified atom stereocenters. The molecule has 0 aromatic heterocycles. The fourth-order valence-electron chi connectivity index (χ4n) is 6.37. The second kappa shape index (κ2) is 14.1. The summed E-state index contributed by atoms with van der Waals surface area (Å²) in [5, 5.41) is 13.0. The number of hydrogen-bond donors (Lipinski definition) is 3. The van der Waals surface area contributed by atoms with Crippen molar-refractivity contribution in [1.29, 1.82) is 5.26 Å². The third kappa shape index (κ3) is 7.19. The van der Waals surface area contributed by atoms with Crippen LogP contribution in [0.15, 0.2) is 66.7 Å². The summed E-state index contributed by atoms with van der Waals surface area (Å²) in [4.78, 5) is 28.5. The minimum Gasteiger partial charge on any atom is -0.598 e. The first-order chi connectivity index (χ1) is 22.7. The molecule has 1 saturated carbocycles. The molecule has 12 heteroatoms. The van der Waals surface area contributed by atoms with Gasteiger partial charge in [-0.05, 0) is 92.6 Å². The van der Waals surface area contributed by atoms with Crippen molar-refractivity contribution in [2.24, 2.45) is 11.7 Å². The van der Waals surface area contributed by atoms with Crippen molar-refractivity contribution in [3.8, 4) is 6.07 Å². The Morgan fingerprint density at radius 3 is 2.44 bits per heavy atom. The molecule has 2 aliphatic rings. The number of methoxy groups -OCH3 is 1. The maximum absolute atomic E-state index is 15.8. The molecule has 4 atom stereocenters. The number of anilines is 1. The maximum atomic E-state index is 15.8. The van der Waals surface area contributed by atoms with Crippen molar-refractivity contribution >= 4 is 40.6 Å². The first-order valence-electron chi connectivity index (χ1n) is 15.9. The van der Waals surface area contributed by atoms with Crippen LogP contribution >= 0.6 is 11.6 Å². The number of carbonyl (C=O) groups is 2. The van der Waals surface area contributed by atoms with Crippen molar-refractivity contribution in [3.05, 3.63) is 99.8 Å². The topological polar surface area (TPSA) is 144 Å². The second-order valence-corrected chi connectivity index (χ2v) is 16.0. The Balaban J connectivity index is 1.64. The van der Waals surface area contributed by atoms with E-state index in [-0.39, 0.29) is 18.7 Å². The Hall–Kier alpha value is -3.66. The number of rotatable bonds is 11. The SMILES string of the molecule is COC1CN(C(N)=O)C(C(=O)Nc2cc(C(CCC3CC3)(N[S@+]([O-])C(C)(C)C)c3cccc(C#N)c3)ccc2F)(c2ccc(Cl)cc2)C1. The Labute approximate surface area is 289 Å². The average Bonchev–Trinajstić information content (AvgIpc) is 3.80. The molecule has 3 aromatic rings. The predicted octanol–water partition coefficient (Wildman–Crippen LogP) is 6.47. The summed E-state index contributed by atoms with van der Waals surface area (Å²) >= 11 is 4.59. The Kier molecular flexibility index (Phi) is 10.4. The fraction of sp³-hybridized carbons (Fsp3) is 0.417. The van der Waals surface area contributed by atoms with Gasteiger partial charge in [0.05, 0.1) is 30.0 Å². The molecule has 254 valence electrons. The van der Waals surface area contributed by atoms with E-state index in [1.54, 1.807) is 54.6 Å². The van der Waals surface area contributed by atoms with Crippen molar-refractivity contribution in [2.45, 2.75) is 74.8 Å². The Bertz CT molecular complexity index is 1710. The summed E-state index contributed by atoms with van der Waals surface area (Å²) in [7, 11) is 1.49. The number of benzene rings is 3. The van der Waals surface area contributed by atoms with E-state index in [4.69, 9.17) is 22.1 Å². The molecule has 1 heterocycles. The zero-order chi connectivity index (χ0) is 34.9. The van der Waals surface area contributed by atoms with Crippen molar-refractivity contribution in [3.63, 3.8) is 0 Å². The summed E-state index contributed by atoms with van der Waals surface area (Å²) in [6.07, 6.45) is 3.04. The van der Waals surface area contributed by atoms with E-state index in [1.165, 1.54) is 18.1 Å². The van der Waals surface area contributed by atoms with Gasteiger partial charge < -0.3 is 25.2 Å². The summed E-state index contributed by atoms with van der Waals surface area (Å²) in [5.41, 5.74) is 5.07. The number of halogens is 2. The van der Waals surface area contributed by atoms with Crippen LogP contribution in [0.2, 0.25) is 5.02 Å². The molecule has 48 heavy (non-hydrogen) atoms. The molecule has 5 rings (SSSR count). The van der Waals surface area contributed by atoms with E-state index in [0.29, 0.717) is 39.6 Å². The highest BCUT2D eigenvalue weighted by atomic mass is 35.5. The Morgan fingerprint density at radius 1 is 1.15 bits per heavy atom. The van der Waals surface area contributed by atoms with Gasteiger partial charge in [-0.15, -0.1) is 4.72 Å². The number of amides is 3. The van der Waals surface area contributed by atoms with Crippen LogP contribution in [-0.4, -0.2) is 45.9 Å². The number of nitriles is 1. The lowest BCUT2D eigenvalue weighted by Crippen LogP contribution is -2.54. The van der Waals surface area contributed by atoms with Gasteiger partial charge in [-0.1, -0.05) is 54.8 Å². The van der Waals surface area contributed by atoms with Crippen LogP contribution in [0.25, 0.3) is 0 Å². The third-order valence-corrected chi connectivity index (χ3v) is 11.2. The van der Waals surface area contributed by atoms with Gasteiger partial charge in [0.25, 0.3) is 5.91 Å². The first-order valence-corrected chi connectivity index (χ1v) is 17.4. The van der Waals surface area contributed by atoms with Crippen LogP contribution < -0.4 is 15.8 Å². The van der Waals surface area contributed by atoms with Crippen LogP contribution in [0.4, 0.5) is 14.9 Å². The summed E-state index contributed by atoms with van der Waals surface area (Å²) in [6.45, 7) is 5.63. The van der Waals surface area contributed by atoms with Gasteiger partial charge in [-0.2, -0.15) is 5.26 Å². The van der Waals surface area contributed by atoms with E-state index >= 15 is 4.39 Å². The lowest BCUT2D eigenvalue weighted by Gasteiger charge is -2.39. The second-order valence-electron chi connectivity index (χ2n) is 13.6.